The summed E-state index contributed by atoms with van der Waals surface area (Å²) in [5, 5.41) is 0. The fourth-order valence-electron chi connectivity index (χ4n) is 1.92. The number of Topliss-reactive ketones (excluding diaryl/α,β-unsaturated/α-hetero) is 1. The number of benzene rings is 1. The van der Waals surface area contributed by atoms with Crippen LogP contribution in [0.15, 0.2) is 18.2 Å². The van der Waals surface area contributed by atoms with Crippen LogP contribution >= 0.6 is 0 Å². The Hall–Kier alpha value is -1.91. The maximum absolute atomic E-state index is 13.3. The van der Waals surface area contributed by atoms with E-state index in [0.29, 0.717) is 13.1 Å². The highest BCUT2D eigenvalue weighted by Gasteiger charge is 2.21. The van der Waals surface area contributed by atoms with Gasteiger partial charge >= 0.3 is 0 Å². The normalized spacial score (nSPS) is 11.8. The maximum atomic E-state index is 13.3. The third kappa shape index (κ3) is 3.79. The molecular formula is C15H20FNO3. The number of ketones is 1. The molecule has 0 fully saturated rings. The molecule has 0 N–H and O–H groups in total. The van der Waals surface area contributed by atoms with E-state index in [-0.39, 0.29) is 23.0 Å². The molecule has 20 heavy (non-hydrogen) atoms. The van der Waals surface area contributed by atoms with Crippen LogP contribution in [-0.2, 0) is 4.79 Å². The first-order valence-corrected chi connectivity index (χ1v) is 6.66. The molecule has 1 aromatic carbocycles. The van der Waals surface area contributed by atoms with E-state index in [4.69, 9.17) is 4.74 Å². The lowest BCUT2D eigenvalue weighted by Gasteiger charge is -2.24. The van der Waals surface area contributed by atoms with E-state index in [1.165, 1.54) is 19.1 Å². The van der Waals surface area contributed by atoms with Crippen LogP contribution in [0.2, 0.25) is 0 Å². The quantitative estimate of drug-likeness (QED) is 0.753. The molecule has 0 spiro atoms. The molecule has 0 bridgehead atoms. The number of amides is 1. The molecule has 0 aromatic heterocycles. The average molecular weight is 281 g/mol. The van der Waals surface area contributed by atoms with Crippen molar-refractivity contribution >= 4 is 11.7 Å². The van der Waals surface area contributed by atoms with Crippen molar-refractivity contribution in [3.05, 3.63) is 29.6 Å². The molecule has 1 amide bonds. The minimum Gasteiger partial charge on any atom is -0.480 e. The van der Waals surface area contributed by atoms with Crippen molar-refractivity contribution in [2.75, 3.05) is 13.1 Å². The number of carbonyl (C=O) groups excluding carboxylic acids is 2. The number of rotatable bonds is 6. The number of nitrogens with zero attached hydrogens (tertiary/aromatic N) is 1. The van der Waals surface area contributed by atoms with Gasteiger partial charge in [-0.05, 0) is 39.8 Å². The van der Waals surface area contributed by atoms with Gasteiger partial charge in [0.05, 0.1) is 5.56 Å². The zero-order chi connectivity index (χ0) is 15.3. The summed E-state index contributed by atoms with van der Waals surface area (Å²) < 4.78 is 18.7. The van der Waals surface area contributed by atoms with E-state index >= 15 is 0 Å². The maximum Gasteiger partial charge on any atom is 0.263 e. The van der Waals surface area contributed by atoms with Gasteiger partial charge in [-0.25, -0.2) is 4.39 Å². The van der Waals surface area contributed by atoms with Crippen molar-refractivity contribution < 1.29 is 18.7 Å². The van der Waals surface area contributed by atoms with Gasteiger partial charge in [0.15, 0.2) is 11.9 Å². The van der Waals surface area contributed by atoms with Crippen LogP contribution in [0.1, 0.15) is 38.1 Å². The molecule has 1 rings (SSSR count). The predicted octanol–water partition coefficient (Wildman–Crippen LogP) is 2.66. The van der Waals surface area contributed by atoms with E-state index in [1.54, 1.807) is 11.8 Å². The zero-order valence-electron chi connectivity index (χ0n) is 12.3. The molecule has 0 aliphatic rings. The molecule has 1 aromatic rings. The molecule has 0 heterocycles. The van der Waals surface area contributed by atoms with Gasteiger partial charge in [-0.1, -0.05) is 0 Å². The molecule has 0 aliphatic carbocycles. The number of halogens is 1. The average Bonchev–Trinajstić information content (AvgIpc) is 2.39. The van der Waals surface area contributed by atoms with Gasteiger partial charge in [-0.3, -0.25) is 9.59 Å². The van der Waals surface area contributed by atoms with E-state index < -0.39 is 11.9 Å². The molecule has 0 saturated heterocycles. The van der Waals surface area contributed by atoms with Crippen LogP contribution in [0, 0.1) is 5.82 Å². The Morgan fingerprint density at radius 3 is 2.40 bits per heavy atom. The van der Waals surface area contributed by atoms with Crippen molar-refractivity contribution in [3.8, 4) is 5.75 Å². The molecule has 0 saturated carbocycles. The van der Waals surface area contributed by atoms with Crippen molar-refractivity contribution in [3.63, 3.8) is 0 Å². The highest BCUT2D eigenvalue weighted by Crippen LogP contribution is 2.22. The zero-order valence-corrected chi connectivity index (χ0v) is 12.3. The summed E-state index contributed by atoms with van der Waals surface area (Å²) in [6, 6.07) is 3.69. The molecule has 1 unspecified atom stereocenters. The van der Waals surface area contributed by atoms with Crippen LogP contribution in [0.3, 0.4) is 0 Å². The van der Waals surface area contributed by atoms with Gasteiger partial charge in [-0.15, -0.1) is 0 Å². The van der Waals surface area contributed by atoms with Gasteiger partial charge in [0.2, 0.25) is 0 Å². The standard InChI is InChI=1S/C15H20FNO3/c1-5-17(6-2)15(19)11(4)20-14-9-12(16)7-8-13(14)10(3)18/h7-9,11H,5-6H2,1-4H3. The third-order valence-corrected chi connectivity index (χ3v) is 3.05. The summed E-state index contributed by atoms with van der Waals surface area (Å²) in [6.07, 6.45) is -0.769. The first-order chi connectivity index (χ1) is 9.40. The fraction of sp³-hybridized carbons (Fsp3) is 0.467. The molecule has 0 radical (unpaired) electrons. The second-order valence-electron chi connectivity index (χ2n) is 4.47. The molecule has 0 aliphatic heterocycles. The molecule has 110 valence electrons. The van der Waals surface area contributed by atoms with Crippen molar-refractivity contribution in [1.29, 1.82) is 0 Å². The van der Waals surface area contributed by atoms with Gasteiger partial charge in [0.25, 0.3) is 5.91 Å². The first-order valence-electron chi connectivity index (χ1n) is 6.66. The summed E-state index contributed by atoms with van der Waals surface area (Å²) >= 11 is 0. The second-order valence-corrected chi connectivity index (χ2v) is 4.47. The summed E-state index contributed by atoms with van der Waals surface area (Å²) in [5.41, 5.74) is 0.269. The second kappa shape index (κ2) is 7.03. The fourth-order valence-corrected chi connectivity index (χ4v) is 1.92. The first kappa shape index (κ1) is 16.1. The Labute approximate surface area is 118 Å². The van der Waals surface area contributed by atoms with Crippen LogP contribution in [0.5, 0.6) is 5.75 Å². The van der Waals surface area contributed by atoms with Crippen LogP contribution in [0.4, 0.5) is 4.39 Å². The third-order valence-electron chi connectivity index (χ3n) is 3.05. The lowest BCUT2D eigenvalue weighted by molar-refractivity contribution is -0.137. The minimum absolute atomic E-state index is 0.102. The Balaban J connectivity index is 2.95. The Morgan fingerprint density at radius 1 is 1.30 bits per heavy atom. The van der Waals surface area contributed by atoms with Gasteiger partial charge in [0, 0.05) is 19.2 Å². The largest absolute Gasteiger partial charge is 0.480 e. The topological polar surface area (TPSA) is 46.6 Å². The van der Waals surface area contributed by atoms with Gasteiger partial charge in [-0.2, -0.15) is 0 Å². The summed E-state index contributed by atoms with van der Waals surface area (Å²) in [7, 11) is 0. The number of ether oxygens (including phenoxy) is 1. The van der Waals surface area contributed by atoms with Crippen molar-refractivity contribution in [1.82, 2.24) is 4.90 Å². The van der Waals surface area contributed by atoms with Gasteiger partial charge < -0.3 is 9.64 Å². The predicted molar refractivity (Wildman–Crippen MR) is 74.4 cm³/mol. The van der Waals surface area contributed by atoms with E-state index in [2.05, 4.69) is 0 Å². The summed E-state index contributed by atoms with van der Waals surface area (Å²) in [5.74, 6) is -0.825. The van der Waals surface area contributed by atoms with Crippen molar-refractivity contribution in [2.24, 2.45) is 0 Å². The van der Waals surface area contributed by atoms with E-state index in [1.807, 2.05) is 13.8 Å². The van der Waals surface area contributed by atoms with Crippen LogP contribution < -0.4 is 4.74 Å². The highest BCUT2D eigenvalue weighted by molar-refractivity contribution is 5.97. The van der Waals surface area contributed by atoms with Crippen LogP contribution in [-0.4, -0.2) is 35.8 Å². The smallest absolute Gasteiger partial charge is 0.263 e. The number of carbonyl (C=O) groups is 2. The van der Waals surface area contributed by atoms with Crippen molar-refractivity contribution in [2.45, 2.75) is 33.8 Å². The monoisotopic (exact) mass is 281 g/mol. The number of likely N-dealkylation sites (N-methyl/N-ethyl adjacent to an activating group) is 1. The molecular weight excluding hydrogens is 261 g/mol. The Kier molecular flexibility index (Phi) is 5.67. The minimum atomic E-state index is -0.769. The number of hydrogen-bond acceptors (Lipinski definition) is 3. The van der Waals surface area contributed by atoms with Crippen LogP contribution in [0.25, 0.3) is 0 Å². The van der Waals surface area contributed by atoms with Gasteiger partial charge in [0.1, 0.15) is 11.6 Å². The summed E-state index contributed by atoms with van der Waals surface area (Å²) in [4.78, 5) is 25.2. The number of hydrogen-bond donors (Lipinski definition) is 0. The molecule has 1 atom stereocenters. The molecule has 4 nitrogen and oxygen atoms in total. The molecule has 5 heteroatoms. The van der Waals surface area contributed by atoms with E-state index in [9.17, 15) is 14.0 Å². The lowest BCUT2D eigenvalue weighted by atomic mass is 10.1. The Morgan fingerprint density at radius 2 is 1.90 bits per heavy atom. The Bertz CT molecular complexity index is 498. The highest BCUT2D eigenvalue weighted by atomic mass is 19.1. The van der Waals surface area contributed by atoms with E-state index in [0.717, 1.165) is 6.07 Å². The lowest BCUT2D eigenvalue weighted by Crippen LogP contribution is -2.40. The SMILES string of the molecule is CCN(CC)C(=O)C(C)Oc1cc(F)ccc1C(C)=O. The summed E-state index contributed by atoms with van der Waals surface area (Å²) in [6.45, 7) is 7.86.